The van der Waals surface area contributed by atoms with Gasteiger partial charge in [-0.15, -0.1) is 0 Å². The smallest absolute Gasteiger partial charge is 0.305 e. The van der Waals surface area contributed by atoms with Crippen LogP contribution in [0.3, 0.4) is 0 Å². The number of aromatic nitrogens is 2. The number of aromatic amines is 1. The third kappa shape index (κ3) is 6.10. The molecule has 178 valence electrons. The van der Waals surface area contributed by atoms with E-state index >= 15 is 0 Å². The van der Waals surface area contributed by atoms with E-state index in [1.165, 1.54) is 16.7 Å². The Bertz CT molecular complexity index is 1270. The molecule has 0 saturated heterocycles. The number of nitrogens with one attached hydrogen (secondary N) is 2. The van der Waals surface area contributed by atoms with Gasteiger partial charge in [-0.1, -0.05) is 32.0 Å². The van der Waals surface area contributed by atoms with Crippen molar-refractivity contribution in [2.45, 2.75) is 45.7 Å². The lowest BCUT2D eigenvalue weighted by Crippen LogP contribution is -2.39. The summed E-state index contributed by atoms with van der Waals surface area (Å²) in [7, 11) is 0. The van der Waals surface area contributed by atoms with Crippen molar-refractivity contribution in [3.05, 3.63) is 92.8 Å². The van der Waals surface area contributed by atoms with E-state index in [4.69, 9.17) is 0 Å². The second kappa shape index (κ2) is 10.8. The van der Waals surface area contributed by atoms with E-state index in [2.05, 4.69) is 10.3 Å². The van der Waals surface area contributed by atoms with Gasteiger partial charge in [0.1, 0.15) is 6.04 Å². The van der Waals surface area contributed by atoms with Crippen LogP contribution in [0.5, 0.6) is 0 Å². The van der Waals surface area contributed by atoms with E-state index in [0.717, 1.165) is 16.7 Å². The zero-order valence-corrected chi connectivity index (χ0v) is 19.4. The fraction of sp³-hybridized carbons (Fsp3) is 0.308. The van der Waals surface area contributed by atoms with Gasteiger partial charge in [0.05, 0.1) is 12.5 Å². The second-order valence-corrected chi connectivity index (χ2v) is 8.77. The van der Waals surface area contributed by atoms with E-state index in [1.807, 2.05) is 32.9 Å². The van der Waals surface area contributed by atoms with E-state index < -0.39 is 24.0 Å². The van der Waals surface area contributed by atoms with Gasteiger partial charge in [0, 0.05) is 24.5 Å². The molecular formula is C26H29N3O5. The molecule has 8 heteroatoms. The van der Waals surface area contributed by atoms with Crippen LogP contribution in [-0.2, 0) is 9.59 Å². The van der Waals surface area contributed by atoms with Crippen molar-refractivity contribution in [1.29, 1.82) is 0 Å². The maximum absolute atomic E-state index is 13.4. The summed E-state index contributed by atoms with van der Waals surface area (Å²) in [6, 6.07) is 11.7. The van der Waals surface area contributed by atoms with Crippen LogP contribution in [-0.4, -0.2) is 26.5 Å². The van der Waals surface area contributed by atoms with Gasteiger partial charge in [0.15, 0.2) is 0 Å². The summed E-state index contributed by atoms with van der Waals surface area (Å²) in [4.78, 5) is 51.5. The van der Waals surface area contributed by atoms with Gasteiger partial charge in [-0.25, -0.2) is 0 Å². The van der Waals surface area contributed by atoms with E-state index in [1.54, 1.807) is 36.7 Å². The van der Waals surface area contributed by atoms with Gasteiger partial charge in [0.25, 0.3) is 5.56 Å². The molecule has 0 saturated carbocycles. The molecule has 0 aliphatic carbocycles. The normalized spacial score (nSPS) is 12.8. The summed E-state index contributed by atoms with van der Waals surface area (Å²) in [5.74, 6) is -1.35. The standard InChI is InChI=1S/C26H29N3O5/c1-16(2)12-22(29-11-5-4-6-24(29)31)26(34)28-21(14-25(32)33)18-8-7-17(3)20(13-18)19-9-10-23(30)27-15-19/h4-11,13,15-16,21-22H,12,14H2,1-3H3,(H,27,30)(H,28,34)(H,32,33)/t21-,22-/m0/s1. The number of pyridine rings is 2. The minimum atomic E-state index is -1.06. The van der Waals surface area contributed by atoms with Crippen molar-refractivity contribution >= 4 is 11.9 Å². The molecule has 2 heterocycles. The number of hydrogen-bond acceptors (Lipinski definition) is 4. The third-order valence-corrected chi connectivity index (χ3v) is 5.64. The molecule has 34 heavy (non-hydrogen) atoms. The van der Waals surface area contributed by atoms with Gasteiger partial charge in [0.2, 0.25) is 11.5 Å². The first-order chi connectivity index (χ1) is 16.2. The quantitative estimate of drug-likeness (QED) is 0.449. The second-order valence-electron chi connectivity index (χ2n) is 8.77. The maximum atomic E-state index is 13.4. The van der Waals surface area contributed by atoms with Gasteiger partial charge in [-0.05, 0) is 59.7 Å². The molecule has 3 rings (SSSR count). The van der Waals surface area contributed by atoms with Crippen LogP contribution in [0.15, 0.2) is 70.5 Å². The van der Waals surface area contributed by atoms with E-state index in [-0.39, 0.29) is 23.5 Å². The van der Waals surface area contributed by atoms with E-state index in [0.29, 0.717) is 12.0 Å². The van der Waals surface area contributed by atoms with Crippen molar-refractivity contribution in [2.75, 3.05) is 0 Å². The molecule has 1 amide bonds. The molecule has 0 bridgehead atoms. The van der Waals surface area contributed by atoms with Gasteiger partial charge >= 0.3 is 5.97 Å². The van der Waals surface area contributed by atoms with Crippen LogP contribution >= 0.6 is 0 Å². The number of carbonyl (C=O) groups excluding carboxylic acids is 1. The minimum Gasteiger partial charge on any atom is -0.481 e. The van der Waals surface area contributed by atoms with Crippen molar-refractivity contribution in [3.63, 3.8) is 0 Å². The third-order valence-electron chi connectivity index (χ3n) is 5.64. The summed E-state index contributed by atoms with van der Waals surface area (Å²) in [6.45, 7) is 5.83. The van der Waals surface area contributed by atoms with Crippen LogP contribution < -0.4 is 16.4 Å². The summed E-state index contributed by atoms with van der Waals surface area (Å²) in [6.07, 6.45) is 3.27. The number of hydrogen-bond donors (Lipinski definition) is 3. The molecule has 0 aliphatic heterocycles. The SMILES string of the molecule is Cc1ccc([C@H](CC(=O)O)NC(=O)[C@H](CC(C)C)n2ccccc2=O)cc1-c1ccc(=O)[nH]c1. The molecule has 2 aromatic heterocycles. The van der Waals surface area contributed by atoms with Crippen LogP contribution in [0.4, 0.5) is 0 Å². The molecular weight excluding hydrogens is 434 g/mol. The summed E-state index contributed by atoms with van der Waals surface area (Å²) in [5.41, 5.74) is 2.62. The predicted octanol–water partition coefficient (Wildman–Crippen LogP) is 3.43. The van der Waals surface area contributed by atoms with Crippen LogP contribution in [0.25, 0.3) is 11.1 Å². The summed E-state index contributed by atoms with van der Waals surface area (Å²) in [5, 5.41) is 12.4. The highest BCUT2D eigenvalue weighted by atomic mass is 16.4. The fourth-order valence-corrected chi connectivity index (χ4v) is 3.93. The molecule has 3 N–H and O–H groups in total. The lowest BCUT2D eigenvalue weighted by molar-refractivity contribution is -0.138. The van der Waals surface area contributed by atoms with Crippen molar-refractivity contribution < 1.29 is 14.7 Å². The monoisotopic (exact) mass is 463 g/mol. The number of carbonyl (C=O) groups is 2. The minimum absolute atomic E-state index is 0.131. The molecule has 8 nitrogen and oxygen atoms in total. The van der Waals surface area contributed by atoms with Crippen LogP contribution in [0.1, 0.15) is 49.9 Å². The van der Waals surface area contributed by atoms with Gasteiger partial charge in [-0.2, -0.15) is 0 Å². The Balaban J connectivity index is 1.97. The van der Waals surface area contributed by atoms with Crippen molar-refractivity contribution in [3.8, 4) is 11.1 Å². The Morgan fingerprint density at radius 1 is 1.09 bits per heavy atom. The zero-order chi connectivity index (χ0) is 24.8. The van der Waals surface area contributed by atoms with Crippen molar-refractivity contribution in [2.24, 2.45) is 5.92 Å². The lowest BCUT2D eigenvalue weighted by Gasteiger charge is -2.25. The first kappa shape index (κ1) is 24.7. The summed E-state index contributed by atoms with van der Waals surface area (Å²) < 4.78 is 1.38. The molecule has 0 fully saturated rings. The van der Waals surface area contributed by atoms with E-state index in [9.17, 15) is 24.3 Å². The van der Waals surface area contributed by atoms with Gasteiger partial charge in [-0.3, -0.25) is 19.2 Å². The average molecular weight is 464 g/mol. The number of benzene rings is 1. The van der Waals surface area contributed by atoms with Gasteiger partial charge < -0.3 is 20.0 Å². The van der Waals surface area contributed by atoms with Crippen molar-refractivity contribution in [1.82, 2.24) is 14.9 Å². The number of rotatable bonds is 9. The number of H-pyrrole nitrogens is 1. The fourth-order valence-electron chi connectivity index (χ4n) is 3.93. The van der Waals surface area contributed by atoms with Crippen LogP contribution in [0, 0.1) is 12.8 Å². The van der Waals surface area contributed by atoms with Crippen LogP contribution in [0.2, 0.25) is 0 Å². The zero-order valence-electron chi connectivity index (χ0n) is 19.4. The Morgan fingerprint density at radius 2 is 1.85 bits per heavy atom. The number of aryl methyl sites for hydroxylation is 1. The Labute approximate surface area is 197 Å². The highest BCUT2D eigenvalue weighted by Gasteiger charge is 2.27. The average Bonchev–Trinajstić information content (AvgIpc) is 2.78. The molecule has 2 atom stereocenters. The largest absolute Gasteiger partial charge is 0.481 e. The lowest BCUT2D eigenvalue weighted by atomic mass is 9.94. The first-order valence-electron chi connectivity index (χ1n) is 11.1. The number of aliphatic carboxylic acids is 1. The molecule has 0 aliphatic rings. The topological polar surface area (TPSA) is 121 Å². The molecule has 0 radical (unpaired) electrons. The first-order valence-corrected chi connectivity index (χ1v) is 11.1. The molecule has 0 spiro atoms. The Kier molecular flexibility index (Phi) is 7.83. The highest BCUT2D eigenvalue weighted by Crippen LogP contribution is 2.28. The number of carboxylic acids is 1. The number of nitrogens with zero attached hydrogens (tertiary/aromatic N) is 1. The molecule has 3 aromatic rings. The predicted molar refractivity (Wildman–Crippen MR) is 130 cm³/mol. The highest BCUT2D eigenvalue weighted by molar-refractivity contribution is 5.82. The number of amides is 1. The summed E-state index contributed by atoms with van der Waals surface area (Å²) >= 11 is 0. The Hall–Kier alpha value is -3.94. The maximum Gasteiger partial charge on any atom is 0.305 e. The molecule has 0 unspecified atom stereocenters. The Morgan fingerprint density at radius 3 is 2.47 bits per heavy atom. The number of carboxylic acid groups (broad SMARTS) is 1. The molecule has 1 aromatic carbocycles.